The van der Waals surface area contributed by atoms with Gasteiger partial charge in [-0.3, -0.25) is 0 Å². The lowest BCUT2D eigenvalue weighted by molar-refractivity contribution is -0.136. The first-order valence-electron chi connectivity index (χ1n) is 7.19. The molecule has 3 heteroatoms. The third-order valence-corrected chi connectivity index (χ3v) is 5.91. The summed E-state index contributed by atoms with van der Waals surface area (Å²) in [6, 6.07) is 0. The average Bonchev–Trinajstić information content (AvgIpc) is 2.70. The van der Waals surface area contributed by atoms with Gasteiger partial charge in [-0.2, -0.15) is 0 Å². The van der Waals surface area contributed by atoms with E-state index < -0.39 is 0 Å². The van der Waals surface area contributed by atoms with E-state index in [2.05, 4.69) is 25.5 Å². The minimum atomic E-state index is -0.275. The van der Waals surface area contributed by atoms with Crippen LogP contribution in [-0.4, -0.2) is 25.8 Å². The molecule has 2 fully saturated rings. The van der Waals surface area contributed by atoms with Crippen LogP contribution >= 0.6 is 0 Å². The molecule has 0 aromatic carbocycles. The normalized spacial score (nSPS) is 36.6. The zero-order chi connectivity index (χ0) is 14.3. The minimum Gasteiger partial charge on any atom is -0.466 e. The van der Waals surface area contributed by atoms with E-state index in [1.165, 1.54) is 20.0 Å². The fourth-order valence-electron chi connectivity index (χ4n) is 3.92. The van der Waals surface area contributed by atoms with Crippen molar-refractivity contribution in [2.75, 3.05) is 13.7 Å². The fourth-order valence-corrected chi connectivity index (χ4v) is 3.92. The maximum absolute atomic E-state index is 11.3. The molecule has 3 unspecified atom stereocenters. The van der Waals surface area contributed by atoms with Crippen molar-refractivity contribution < 1.29 is 14.3 Å². The smallest absolute Gasteiger partial charge is 0.333 e. The van der Waals surface area contributed by atoms with Crippen LogP contribution in [0.25, 0.3) is 0 Å². The van der Waals surface area contributed by atoms with E-state index in [4.69, 9.17) is 4.74 Å². The highest BCUT2D eigenvalue weighted by atomic mass is 16.5. The summed E-state index contributed by atoms with van der Waals surface area (Å²) >= 11 is 0. The average molecular weight is 266 g/mol. The first-order chi connectivity index (χ1) is 8.83. The van der Waals surface area contributed by atoms with Gasteiger partial charge >= 0.3 is 5.97 Å². The summed E-state index contributed by atoms with van der Waals surface area (Å²) in [7, 11) is 1.40. The van der Waals surface area contributed by atoms with E-state index in [1.807, 2.05) is 6.08 Å². The van der Waals surface area contributed by atoms with E-state index in [9.17, 15) is 4.79 Å². The van der Waals surface area contributed by atoms with Gasteiger partial charge in [-0.15, -0.1) is 0 Å². The third kappa shape index (κ3) is 2.22. The molecule has 108 valence electrons. The Hall–Kier alpha value is -0.830. The molecule has 0 aromatic rings. The van der Waals surface area contributed by atoms with Gasteiger partial charge in [0.15, 0.2) is 0 Å². The molecule has 0 amide bonds. The molecule has 3 nitrogen and oxygen atoms in total. The topological polar surface area (TPSA) is 35.5 Å². The second-order valence-corrected chi connectivity index (χ2v) is 6.81. The van der Waals surface area contributed by atoms with Gasteiger partial charge in [-0.05, 0) is 49.0 Å². The highest BCUT2D eigenvalue weighted by molar-refractivity contribution is 5.87. The molecule has 0 aromatic heterocycles. The van der Waals surface area contributed by atoms with Crippen molar-refractivity contribution in [1.29, 1.82) is 0 Å². The summed E-state index contributed by atoms with van der Waals surface area (Å²) in [5, 5.41) is 0. The number of esters is 1. The number of hydrogen-bond donors (Lipinski definition) is 0. The Bertz CT molecular complexity index is 397. The molecule has 2 aliphatic carbocycles. The minimum absolute atomic E-state index is 0.275. The molecular weight excluding hydrogens is 240 g/mol. The van der Waals surface area contributed by atoms with Crippen molar-refractivity contribution >= 4 is 5.97 Å². The van der Waals surface area contributed by atoms with E-state index >= 15 is 0 Å². The SMILES string of the molecule is COC(=O)C(C)=CCOC1CC2CCC1(C)C2(C)C. The number of carbonyl (C=O) groups is 1. The van der Waals surface area contributed by atoms with Crippen LogP contribution in [0.4, 0.5) is 0 Å². The van der Waals surface area contributed by atoms with Crippen LogP contribution in [0.5, 0.6) is 0 Å². The molecule has 0 saturated heterocycles. The predicted molar refractivity (Wildman–Crippen MR) is 74.7 cm³/mol. The molecule has 0 spiro atoms. The van der Waals surface area contributed by atoms with Crippen LogP contribution < -0.4 is 0 Å². The fraction of sp³-hybridized carbons (Fsp3) is 0.812. The van der Waals surface area contributed by atoms with E-state index in [0.717, 1.165) is 12.3 Å². The molecule has 0 heterocycles. The number of carbonyl (C=O) groups excluding carboxylic acids is 1. The predicted octanol–water partition coefficient (Wildman–Crippen LogP) is 3.34. The lowest BCUT2D eigenvalue weighted by Crippen LogP contribution is -2.37. The molecule has 2 saturated carbocycles. The highest BCUT2D eigenvalue weighted by Crippen LogP contribution is 2.66. The Labute approximate surface area is 116 Å². The number of ether oxygens (including phenoxy) is 2. The molecule has 0 aliphatic heterocycles. The van der Waals surface area contributed by atoms with Crippen LogP contribution in [0, 0.1) is 16.7 Å². The van der Waals surface area contributed by atoms with Crippen LogP contribution in [-0.2, 0) is 14.3 Å². The summed E-state index contributed by atoms with van der Waals surface area (Å²) in [5.41, 5.74) is 1.28. The zero-order valence-electron chi connectivity index (χ0n) is 12.8. The first kappa shape index (κ1) is 14.6. The Balaban J connectivity index is 1.94. The Morgan fingerprint density at radius 3 is 2.53 bits per heavy atom. The van der Waals surface area contributed by atoms with Gasteiger partial charge in [0.2, 0.25) is 0 Å². The lowest BCUT2D eigenvalue weighted by Gasteiger charge is -2.38. The number of fused-ring (bicyclic) bond motifs is 2. The highest BCUT2D eigenvalue weighted by Gasteiger charge is 2.61. The Morgan fingerprint density at radius 1 is 1.37 bits per heavy atom. The molecule has 19 heavy (non-hydrogen) atoms. The summed E-state index contributed by atoms with van der Waals surface area (Å²) in [4.78, 5) is 11.3. The maximum Gasteiger partial charge on any atom is 0.333 e. The summed E-state index contributed by atoms with van der Waals surface area (Å²) in [6.45, 7) is 9.39. The van der Waals surface area contributed by atoms with Crippen LogP contribution in [0.2, 0.25) is 0 Å². The largest absolute Gasteiger partial charge is 0.466 e. The zero-order valence-corrected chi connectivity index (χ0v) is 12.8. The van der Waals surface area contributed by atoms with E-state index in [-0.39, 0.29) is 11.4 Å². The van der Waals surface area contributed by atoms with Crippen LogP contribution in [0.1, 0.15) is 47.0 Å². The lowest BCUT2D eigenvalue weighted by atomic mass is 9.70. The van der Waals surface area contributed by atoms with Gasteiger partial charge in [0.1, 0.15) is 0 Å². The van der Waals surface area contributed by atoms with Gasteiger partial charge in [-0.1, -0.05) is 20.8 Å². The molecule has 3 atom stereocenters. The van der Waals surface area contributed by atoms with Crippen molar-refractivity contribution in [2.45, 2.75) is 53.1 Å². The Kier molecular flexibility index (Phi) is 3.78. The van der Waals surface area contributed by atoms with Gasteiger partial charge in [0.05, 0.1) is 19.8 Å². The first-order valence-corrected chi connectivity index (χ1v) is 7.19. The molecular formula is C16H26O3. The summed E-state index contributed by atoms with van der Waals surface area (Å²) in [5.74, 6) is 0.510. The van der Waals surface area contributed by atoms with E-state index in [0.29, 0.717) is 23.7 Å². The molecule has 0 radical (unpaired) electrons. The van der Waals surface area contributed by atoms with Crippen molar-refractivity contribution in [3.63, 3.8) is 0 Å². The summed E-state index contributed by atoms with van der Waals surface area (Å²) in [6.07, 6.45) is 5.90. The molecule has 0 N–H and O–H groups in total. The van der Waals surface area contributed by atoms with Gasteiger partial charge in [0, 0.05) is 5.57 Å². The van der Waals surface area contributed by atoms with Crippen molar-refractivity contribution in [1.82, 2.24) is 0 Å². The monoisotopic (exact) mass is 266 g/mol. The van der Waals surface area contributed by atoms with Crippen LogP contribution in [0.3, 0.4) is 0 Å². The molecule has 2 bridgehead atoms. The second kappa shape index (κ2) is 4.93. The maximum atomic E-state index is 11.3. The Morgan fingerprint density at radius 2 is 2.05 bits per heavy atom. The van der Waals surface area contributed by atoms with Crippen LogP contribution in [0.15, 0.2) is 11.6 Å². The van der Waals surface area contributed by atoms with Crippen molar-refractivity contribution in [2.24, 2.45) is 16.7 Å². The standard InChI is InChI=1S/C16H26O3/c1-11(14(17)18-5)7-9-19-13-10-12-6-8-16(13,4)15(12,2)3/h7,12-13H,6,8-10H2,1-5H3. The molecule has 2 aliphatic rings. The van der Waals surface area contributed by atoms with Crippen molar-refractivity contribution in [3.8, 4) is 0 Å². The number of methoxy groups -OCH3 is 1. The number of rotatable bonds is 4. The quantitative estimate of drug-likeness (QED) is 0.578. The van der Waals surface area contributed by atoms with Gasteiger partial charge in [-0.25, -0.2) is 4.79 Å². The second-order valence-electron chi connectivity index (χ2n) is 6.81. The van der Waals surface area contributed by atoms with Crippen molar-refractivity contribution in [3.05, 3.63) is 11.6 Å². The molecule has 2 rings (SSSR count). The van der Waals surface area contributed by atoms with Gasteiger partial charge in [0.25, 0.3) is 0 Å². The van der Waals surface area contributed by atoms with E-state index in [1.54, 1.807) is 6.92 Å². The summed E-state index contributed by atoms with van der Waals surface area (Å²) < 4.78 is 10.7. The third-order valence-electron chi connectivity index (χ3n) is 5.91. The number of hydrogen-bond acceptors (Lipinski definition) is 3. The van der Waals surface area contributed by atoms with Gasteiger partial charge < -0.3 is 9.47 Å².